The Morgan fingerprint density at radius 1 is 1.30 bits per heavy atom. The standard InChI is InChI=1S/C15H19BrClN3/c1-15(2,3)8-12-13(16)14(18)20(19-12)9-10-6-4-5-7-11(10)17/h4-7H,8-9,18H2,1-3H3. The molecule has 1 aromatic carbocycles. The number of anilines is 1. The lowest BCUT2D eigenvalue weighted by Crippen LogP contribution is -2.11. The number of hydrogen-bond acceptors (Lipinski definition) is 2. The highest BCUT2D eigenvalue weighted by Crippen LogP contribution is 2.30. The van der Waals surface area contributed by atoms with Gasteiger partial charge in [0.1, 0.15) is 5.82 Å². The molecule has 2 N–H and O–H groups in total. The predicted molar refractivity (Wildman–Crippen MR) is 88.1 cm³/mol. The monoisotopic (exact) mass is 355 g/mol. The summed E-state index contributed by atoms with van der Waals surface area (Å²) in [7, 11) is 0. The molecule has 0 radical (unpaired) electrons. The van der Waals surface area contributed by atoms with Crippen molar-refractivity contribution in [3.05, 3.63) is 45.0 Å². The van der Waals surface area contributed by atoms with Gasteiger partial charge in [-0.1, -0.05) is 50.6 Å². The van der Waals surface area contributed by atoms with Crippen molar-refractivity contribution in [3.8, 4) is 0 Å². The highest BCUT2D eigenvalue weighted by atomic mass is 79.9. The Kier molecular flexibility index (Phi) is 4.45. The average molecular weight is 357 g/mol. The molecule has 3 nitrogen and oxygen atoms in total. The first kappa shape index (κ1) is 15.4. The maximum atomic E-state index is 6.19. The summed E-state index contributed by atoms with van der Waals surface area (Å²) in [5.41, 5.74) is 8.30. The molecule has 0 saturated carbocycles. The Bertz CT molecular complexity index is 614. The van der Waals surface area contributed by atoms with E-state index in [0.717, 1.165) is 27.2 Å². The van der Waals surface area contributed by atoms with Gasteiger partial charge < -0.3 is 5.73 Å². The van der Waals surface area contributed by atoms with E-state index >= 15 is 0 Å². The van der Waals surface area contributed by atoms with E-state index in [9.17, 15) is 0 Å². The first-order valence-electron chi connectivity index (χ1n) is 6.52. The van der Waals surface area contributed by atoms with Gasteiger partial charge in [0.15, 0.2) is 0 Å². The van der Waals surface area contributed by atoms with E-state index in [1.54, 1.807) is 4.68 Å². The van der Waals surface area contributed by atoms with Crippen LogP contribution in [0.2, 0.25) is 5.02 Å². The molecule has 0 aliphatic rings. The molecule has 5 heteroatoms. The lowest BCUT2D eigenvalue weighted by Gasteiger charge is -2.16. The van der Waals surface area contributed by atoms with Gasteiger partial charge in [0.2, 0.25) is 0 Å². The van der Waals surface area contributed by atoms with Crippen LogP contribution in [-0.2, 0) is 13.0 Å². The molecule has 0 bridgehead atoms. The van der Waals surface area contributed by atoms with Crippen molar-refractivity contribution in [2.45, 2.75) is 33.7 Å². The van der Waals surface area contributed by atoms with Gasteiger partial charge in [0, 0.05) is 5.02 Å². The Hall–Kier alpha value is -1.00. The maximum absolute atomic E-state index is 6.19. The van der Waals surface area contributed by atoms with Crippen LogP contribution in [0.25, 0.3) is 0 Å². The molecule has 0 saturated heterocycles. The summed E-state index contributed by atoms with van der Waals surface area (Å²) < 4.78 is 2.69. The van der Waals surface area contributed by atoms with Gasteiger partial charge in [0.25, 0.3) is 0 Å². The smallest absolute Gasteiger partial charge is 0.136 e. The fraction of sp³-hybridized carbons (Fsp3) is 0.400. The van der Waals surface area contributed by atoms with Gasteiger partial charge in [-0.2, -0.15) is 5.10 Å². The van der Waals surface area contributed by atoms with Gasteiger partial charge in [0.05, 0.1) is 16.7 Å². The van der Waals surface area contributed by atoms with Crippen LogP contribution >= 0.6 is 27.5 Å². The number of nitrogens with two attached hydrogens (primary N) is 1. The SMILES string of the molecule is CC(C)(C)Cc1nn(Cc2ccccc2Cl)c(N)c1Br. The minimum absolute atomic E-state index is 0.165. The number of aromatic nitrogens is 2. The highest BCUT2D eigenvalue weighted by molar-refractivity contribution is 9.10. The third kappa shape index (κ3) is 3.55. The molecule has 20 heavy (non-hydrogen) atoms. The summed E-state index contributed by atoms with van der Waals surface area (Å²) in [5, 5.41) is 5.35. The van der Waals surface area contributed by atoms with Crippen LogP contribution in [-0.4, -0.2) is 9.78 Å². The second kappa shape index (κ2) is 5.78. The zero-order chi connectivity index (χ0) is 14.9. The first-order chi connectivity index (χ1) is 9.28. The second-order valence-corrected chi connectivity index (χ2v) is 7.33. The summed E-state index contributed by atoms with van der Waals surface area (Å²) in [5.74, 6) is 0.643. The number of benzene rings is 1. The Labute approximate surface area is 133 Å². The summed E-state index contributed by atoms with van der Waals surface area (Å²) >= 11 is 9.73. The fourth-order valence-corrected chi connectivity index (χ4v) is 2.65. The quantitative estimate of drug-likeness (QED) is 0.878. The van der Waals surface area contributed by atoms with E-state index in [4.69, 9.17) is 17.3 Å². The van der Waals surface area contributed by atoms with Gasteiger partial charge in [-0.3, -0.25) is 0 Å². The molecule has 0 amide bonds. The van der Waals surface area contributed by atoms with Crippen LogP contribution in [0.1, 0.15) is 32.0 Å². The lowest BCUT2D eigenvalue weighted by molar-refractivity contribution is 0.403. The number of halogens is 2. The van der Waals surface area contributed by atoms with Crippen LogP contribution in [0.15, 0.2) is 28.7 Å². The zero-order valence-corrected chi connectivity index (χ0v) is 14.3. The topological polar surface area (TPSA) is 43.8 Å². The summed E-state index contributed by atoms with van der Waals surface area (Å²) in [6, 6.07) is 7.74. The van der Waals surface area contributed by atoms with Crippen molar-refractivity contribution in [1.29, 1.82) is 0 Å². The van der Waals surface area contributed by atoms with Gasteiger partial charge >= 0.3 is 0 Å². The average Bonchev–Trinajstić information content (AvgIpc) is 2.59. The Balaban J connectivity index is 2.30. The largest absolute Gasteiger partial charge is 0.383 e. The molecular weight excluding hydrogens is 338 g/mol. The van der Waals surface area contributed by atoms with Crippen LogP contribution < -0.4 is 5.73 Å². The van der Waals surface area contributed by atoms with E-state index in [0.29, 0.717) is 12.4 Å². The van der Waals surface area contributed by atoms with Crippen molar-refractivity contribution < 1.29 is 0 Å². The van der Waals surface area contributed by atoms with E-state index in [1.807, 2.05) is 24.3 Å². The van der Waals surface area contributed by atoms with Crippen molar-refractivity contribution in [2.75, 3.05) is 5.73 Å². The molecule has 0 unspecified atom stereocenters. The van der Waals surface area contributed by atoms with E-state index < -0.39 is 0 Å². The molecule has 2 rings (SSSR count). The summed E-state index contributed by atoms with van der Waals surface area (Å²) in [6.45, 7) is 7.13. The predicted octanol–water partition coefficient (Wildman–Crippen LogP) is 4.52. The van der Waals surface area contributed by atoms with Crippen molar-refractivity contribution in [3.63, 3.8) is 0 Å². The number of nitrogens with zero attached hydrogens (tertiary/aromatic N) is 2. The van der Waals surface area contributed by atoms with Gasteiger partial charge in [-0.15, -0.1) is 0 Å². The summed E-state index contributed by atoms with van der Waals surface area (Å²) in [6.07, 6.45) is 0.868. The molecule has 0 atom stereocenters. The molecule has 1 aromatic heterocycles. The van der Waals surface area contributed by atoms with Crippen LogP contribution in [0.5, 0.6) is 0 Å². The van der Waals surface area contributed by atoms with Crippen LogP contribution in [0.3, 0.4) is 0 Å². The Morgan fingerprint density at radius 3 is 2.55 bits per heavy atom. The Morgan fingerprint density at radius 2 is 1.95 bits per heavy atom. The highest BCUT2D eigenvalue weighted by Gasteiger charge is 2.20. The third-order valence-electron chi connectivity index (χ3n) is 2.97. The molecule has 0 spiro atoms. The zero-order valence-electron chi connectivity index (χ0n) is 12.0. The number of hydrogen-bond donors (Lipinski definition) is 1. The molecule has 0 aliphatic heterocycles. The minimum atomic E-state index is 0.165. The van der Waals surface area contributed by atoms with Crippen molar-refractivity contribution in [2.24, 2.45) is 5.41 Å². The van der Waals surface area contributed by atoms with E-state index in [1.165, 1.54) is 0 Å². The molecule has 108 valence electrons. The van der Waals surface area contributed by atoms with Gasteiger partial charge in [-0.05, 0) is 39.4 Å². The molecular formula is C15H19BrClN3. The van der Waals surface area contributed by atoms with Crippen molar-refractivity contribution >= 4 is 33.3 Å². The number of rotatable bonds is 3. The second-order valence-electron chi connectivity index (χ2n) is 6.13. The van der Waals surface area contributed by atoms with E-state index in [2.05, 4.69) is 41.8 Å². The lowest BCUT2D eigenvalue weighted by atomic mass is 9.91. The summed E-state index contributed by atoms with van der Waals surface area (Å²) in [4.78, 5) is 0. The molecule has 0 aliphatic carbocycles. The third-order valence-corrected chi connectivity index (χ3v) is 4.21. The van der Waals surface area contributed by atoms with Crippen molar-refractivity contribution in [1.82, 2.24) is 9.78 Å². The van der Waals surface area contributed by atoms with Crippen LogP contribution in [0, 0.1) is 5.41 Å². The number of nitrogen functional groups attached to an aromatic ring is 1. The molecule has 0 fully saturated rings. The molecule has 2 aromatic rings. The van der Waals surface area contributed by atoms with Crippen LogP contribution in [0.4, 0.5) is 5.82 Å². The molecule has 1 heterocycles. The maximum Gasteiger partial charge on any atom is 0.136 e. The minimum Gasteiger partial charge on any atom is -0.383 e. The van der Waals surface area contributed by atoms with E-state index in [-0.39, 0.29) is 5.41 Å². The first-order valence-corrected chi connectivity index (χ1v) is 7.69. The fourth-order valence-electron chi connectivity index (χ4n) is 2.03. The normalized spacial score (nSPS) is 11.8. The van der Waals surface area contributed by atoms with Gasteiger partial charge in [-0.25, -0.2) is 4.68 Å².